The van der Waals surface area contributed by atoms with Crippen molar-refractivity contribution in [1.82, 2.24) is 24.8 Å². The summed E-state index contributed by atoms with van der Waals surface area (Å²) < 4.78 is 2.33. The van der Waals surface area contributed by atoms with Gasteiger partial charge in [0, 0.05) is 54.0 Å². The van der Waals surface area contributed by atoms with Crippen molar-refractivity contribution in [1.29, 1.82) is 0 Å². The van der Waals surface area contributed by atoms with E-state index in [1.165, 1.54) is 5.52 Å². The van der Waals surface area contributed by atoms with Gasteiger partial charge in [-0.3, -0.25) is 0 Å². The van der Waals surface area contributed by atoms with E-state index in [4.69, 9.17) is 11.6 Å². The van der Waals surface area contributed by atoms with Gasteiger partial charge in [0.15, 0.2) is 0 Å². The number of H-pyrrole nitrogens is 1. The third kappa shape index (κ3) is 3.41. The van der Waals surface area contributed by atoms with Crippen LogP contribution in [0.2, 0.25) is 5.02 Å². The Kier molecular flexibility index (Phi) is 4.87. The minimum atomic E-state index is -0.0215. The largest absolute Gasteiger partial charge is 0.346 e. The number of hydrogen-bond acceptors (Lipinski definition) is 2. The Hall–Kier alpha value is -2.99. The van der Waals surface area contributed by atoms with Gasteiger partial charge in [-0.15, -0.1) is 0 Å². The number of nitrogens with zero attached hydrogens (tertiary/aromatic N) is 3. The van der Waals surface area contributed by atoms with Crippen molar-refractivity contribution in [2.45, 2.75) is 25.9 Å². The molecule has 1 aliphatic heterocycles. The van der Waals surface area contributed by atoms with Crippen LogP contribution in [0.25, 0.3) is 21.9 Å². The van der Waals surface area contributed by atoms with E-state index in [2.05, 4.69) is 45.1 Å². The van der Waals surface area contributed by atoms with Gasteiger partial charge >= 0.3 is 6.03 Å². The van der Waals surface area contributed by atoms with Crippen LogP contribution in [0.1, 0.15) is 24.9 Å². The topological polar surface area (TPSA) is 66.0 Å². The molecule has 0 saturated carbocycles. The summed E-state index contributed by atoms with van der Waals surface area (Å²) in [4.78, 5) is 22.5. The third-order valence-corrected chi connectivity index (χ3v) is 6.43. The highest BCUT2D eigenvalue weighted by atomic mass is 35.5. The molecule has 154 valence electrons. The Morgan fingerprint density at radius 3 is 2.93 bits per heavy atom. The molecule has 30 heavy (non-hydrogen) atoms. The molecule has 4 heterocycles. The molecular formula is C23H24ClN5O. The summed E-state index contributed by atoms with van der Waals surface area (Å²) in [5, 5.41) is 5.99. The molecule has 0 unspecified atom stereocenters. The number of benzene rings is 1. The average Bonchev–Trinajstić information content (AvgIpc) is 3.40. The Morgan fingerprint density at radius 1 is 1.27 bits per heavy atom. The van der Waals surface area contributed by atoms with Crippen LogP contribution in [0.3, 0.4) is 0 Å². The summed E-state index contributed by atoms with van der Waals surface area (Å²) >= 11 is 5.94. The van der Waals surface area contributed by atoms with Gasteiger partial charge in [-0.05, 0) is 42.2 Å². The predicted octanol–water partition coefficient (Wildman–Crippen LogP) is 4.96. The van der Waals surface area contributed by atoms with Crippen LogP contribution >= 0.6 is 11.6 Å². The zero-order chi connectivity index (χ0) is 20.7. The first-order chi connectivity index (χ1) is 14.6. The number of hydrogen-bond donors (Lipinski definition) is 2. The molecule has 0 spiro atoms. The number of likely N-dealkylation sites (tertiary alicyclic amines) is 1. The quantitative estimate of drug-likeness (QED) is 0.490. The number of halogens is 1. The molecule has 2 N–H and O–H groups in total. The van der Waals surface area contributed by atoms with Crippen molar-refractivity contribution in [2.75, 3.05) is 13.1 Å². The maximum atomic E-state index is 12.9. The van der Waals surface area contributed by atoms with Gasteiger partial charge in [0.05, 0.1) is 11.6 Å². The molecular weight excluding hydrogens is 398 g/mol. The van der Waals surface area contributed by atoms with E-state index in [0.717, 1.165) is 34.9 Å². The predicted molar refractivity (Wildman–Crippen MR) is 120 cm³/mol. The first kappa shape index (κ1) is 19.0. The molecule has 1 saturated heterocycles. The normalized spacial score (nSPS) is 19.5. The number of piperidine rings is 1. The summed E-state index contributed by atoms with van der Waals surface area (Å²) in [5.41, 5.74) is 3.11. The molecule has 7 heteroatoms. The van der Waals surface area contributed by atoms with Crippen LogP contribution < -0.4 is 5.32 Å². The average molecular weight is 422 g/mol. The number of fused-ring (bicyclic) bond motifs is 3. The van der Waals surface area contributed by atoms with E-state index < -0.39 is 0 Å². The maximum Gasteiger partial charge on any atom is 0.317 e. The minimum Gasteiger partial charge on any atom is -0.346 e. The van der Waals surface area contributed by atoms with Crippen molar-refractivity contribution in [2.24, 2.45) is 5.92 Å². The lowest BCUT2D eigenvalue weighted by molar-refractivity contribution is 0.141. The van der Waals surface area contributed by atoms with E-state index >= 15 is 0 Å². The first-order valence-corrected chi connectivity index (χ1v) is 10.7. The molecule has 1 aromatic carbocycles. The van der Waals surface area contributed by atoms with Crippen LogP contribution in [0.5, 0.6) is 0 Å². The van der Waals surface area contributed by atoms with Gasteiger partial charge in [0.25, 0.3) is 0 Å². The van der Waals surface area contributed by atoms with E-state index in [1.54, 1.807) is 0 Å². The molecule has 0 aliphatic carbocycles. The minimum absolute atomic E-state index is 0.0215. The first-order valence-electron chi connectivity index (χ1n) is 10.3. The molecule has 3 aromatic heterocycles. The molecule has 1 aliphatic rings. The molecule has 4 aromatic rings. The van der Waals surface area contributed by atoms with Crippen molar-refractivity contribution in [3.63, 3.8) is 0 Å². The van der Waals surface area contributed by atoms with Crippen molar-refractivity contribution < 1.29 is 4.79 Å². The molecule has 2 atom stereocenters. The molecule has 1 fully saturated rings. The summed E-state index contributed by atoms with van der Waals surface area (Å²) in [5.74, 6) is 0.475. The van der Waals surface area contributed by atoms with E-state index in [9.17, 15) is 4.79 Å². The monoisotopic (exact) mass is 421 g/mol. The highest BCUT2D eigenvalue weighted by Gasteiger charge is 2.31. The lowest BCUT2D eigenvalue weighted by atomic mass is 9.93. The van der Waals surface area contributed by atoms with Crippen LogP contribution in [-0.4, -0.2) is 38.6 Å². The second kappa shape index (κ2) is 7.69. The van der Waals surface area contributed by atoms with Crippen molar-refractivity contribution >= 4 is 39.6 Å². The number of carbonyl (C=O) groups is 1. The standard InChI is InChI=1S/C23H24ClN5O/c1-15-7-10-28(23(30)27-12-16-2-4-18(24)5-3-16)14-20(15)29-11-8-17-13-26-22-19(21(17)29)6-9-25-22/h2-6,8-9,11,13,15,20H,7,10,12,14H2,1H3,(H,25,26)(H,27,30)/t15-,20+/m1/s1. The number of urea groups is 1. The lowest BCUT2D eigenvalue weighted by Gasteiger charge is -2.38. The van der Waals surface area contributed by atoms with Gasteiger partial charge in [0.2, 0.25) is 0 Å². The van der Waals surface area contributed by atoms with Crippen LogP contribution in [-0.2, 0) is 6.54 Å². The zero-order valence-corrected chi connectivity index (χ0v) is 17.6. The Bertz CT molecular complexity index is 1200. The van der Waals surface area contributed by atoms with E-state index in [-0.39, 0.29) is 12.1 Å². The molecule has 0 bridgehead atoms. The summed E-state index contributed by atoms with van der Waals surface area (Å²) in [6, 6.07) is 11.9. The van der Waals surface area contributed by atoms with Crippen molar-refractivity contribution in [3.05, 3.63) is 65.6 Å². The number of nitrogens with one attached hydrogen (secondary N) is 2. The third-order valence-electron chi connectivity index (χ3n) is 6.18. The molecule has 6 nitrogen and oxygen atoms in total. The Labute approximate surface area is 179 Å². The van der Waals surface area contributed by atoms with Gasteiger partial charge in [0.1, 0.15) is 5.65 Å². The van der Waals surface area contributed by atoms with Crippen LogP contribution in [0.15, 0.2) is 55.0 Å². The zero-order valence-electron chi connectivity index (χ0n) is 16.8. The smallest absolute Gasteiger partial charge is 0.317 e. The number of aromatic amines is 1. The molecule has 0 radical (unpaired) electrons. The van der Waals surface area contributed by atoms with E-state index in [0.29, 0.717) is 24.0 Å². The highest BCUT2D eigenvalue weighted by molar-refractivity contribution is 6.30. The van der Waals surface area contributed by atoms with Gasteiger partial charge in [-0.25, -0.2) is 9.78 Å². The maximum absolute atomic E-state index is 12.9. The SMILES string of the molecule is C[C@@H]1CCN(C(=O)NCc2ccc(Cl)cc2)C[C@@H]1n1ccc2cnc3[nH]ccc3c21. The Balaban J connectivity index is 1.36. The van der Waals surface area contributed by atoms with Gasteiger partial charge < -0.3 is 19.8 Å². The van der Waals surface area contributed by atoms with Gasteiger partial charge in [-0.2, -0.15) is 0 Å². The highest BCUT2D eigenvalue weighted by Crippen LogP contribution is 2.33. The number of carbonyl (C=O) groups excluding carboxylic acids is 1. The summed E-state index contributed by atoms with van der Waals surface area (Å²) in [6.45, 7) is 4.22. The Morgan fingerprint density at radius 2 is 2.10 bits per heavy atom. The van der Waals surface area contributed by atoms with Crippen LogP contribution in [0, 0.1) is 5.92 Å². The van der Waals surface area contributed by atoms with Gasteiger partial charge in [-0.1, -0.05) is 30.7 Å². The number of pyridine rings is 1. The second-order valence-electron chi connectivity index (χ2n) is 8.09. The number of amides is 2. The molecule has 5 rings (SSSR count). The number of rotatable bonds is 3. The fourth-order valence-corrected chi connectivity index (χ4v) is 4.54. The summed E-state index contributed by atoms with van der Waals surface area (Å²) in [6.07, 6.45) is 6.94. The van der Waals surface area contributed by atoms with E-state index in [1.807, 2.05) is 41.6 Å². The van der Waals surface area contributed by atoms with Crippen LogP contribution in [0.4, 0.5) is 4.79 Å². The molecule has 2 amide bonds. The fourth-order valence-electron chi connectivity index (χ4n) is 4.42. The van der Waals surface area contributed by atoms with Crippen molar-refractivity contribution in [3.8, 4) is 0 Å². The summed E-state index contributed by atoms with van der Waals surface area (Å²) in [7, 11) is 0. The number of aromatic nitrogens is 3. The second-order valence-corrected chi connectivity index (χ2v) is 8.53. The fraction of sp³-hybridized carbons (Fsp3) is 0.304. The lowest BCUT2D eigenvalue weighted by Crippen LogP contribution is -2.47.